The van der Waals surface area contributed by atoms with Gasteiger partial charge < -0.3 is 19.5 Å². The third kappa shape index (κ3) is 4.40. The van der Waals surface area contributed by atoms with E-state index in [0.29, 0.717) is 22.9 Å². The lowest BCUT2D eigenvalue weighted by atomic mass is 10.2. The Labute approximate surface area is 153 Å². The van der Waals surface area contributed by atoms with Crippen LogP contribution in [-0.4, -0.2) is 37.0 Å². The Morgan fingerprint density at radius 2 is 1.96 bits per heavy atom. The Morgan fingerprint density at radius 1 is 1.19 bits per heavy atom. The fourth-order valence-electron chi connectivity index (χ4n) is 2.27. The molecule has 0 saturated heterocycles. The minimum atomic E-state index is -0.906. The van der Waals surface area contributed by atoms with Gasteiger partial charge in [0.25, 0.3) is 0 Å². The Balaban J connectivity index is 1.50. The highest BCUT2D eigenvalue weighted by molar-refractivity contribution is 7.14. The van der Waals surface area contributed by atoms with E-state index in [-0.39, 0.29) is 24.9 Å². The molecule has 2 aromatic rings. The molecule has 2 heterocycles. The van der Waals surface area contributed by atoms with Crippen LogP contribution in [0.1, 0.15) is 21.5 Å². The van der Waals surface area contributed by atoms with Crippen molar-refractivity contribution in [2.24, 2.45) is 0 Å². The van der Waals surface area contributed by atoms with Crippen molar-refractivity contribution in [3.8, 4) is 11.5 Å². The second-order valence-electron chi connectivity index (χ2n) is 5.57. The summed E-state index contributed by atoms with van der Waals surface area (Å²) in [5.74, 6) is -0.0697. The molecule has 1 aromatic carbocycles. The number of Topliss-reactive ketones (excluding diaryl/α,β-unsaturated/α-hetero) is 1. The molecule has 1 aromatic heterocycles. The van der Waals surface area contributed by atoms with Crippen LogP contribution < -0.4 is 14.8 Å². The predicted molar refractivity (Wildman–Crippen MR) is 93.5 cm³/mol. The maximum Gasteiger partial charge on any atom is 0.351 e. The van der Waals surface area contributed by atoms with Gasteiger partial charge in [0, 0.05) is 11.8 Å². The van der Waals surface area contributed by atoms with Crippen LogP contribution in [0.4, 0.5) is 0 Å². The van der Waals surface area contributed by atoms with Crippen LogP contribution in [-0.2, 0) is 20.9 Å². The molecule has 1 aliphatic heterocycles. The van der Waals surface area contributed by atoms with E-state index in [4.69, 9.17) is 14.2 Å². The minimum absolute atomic E-state index is 0.0316. The van der Waals surface area contributed by atoms with Crippen molar-refractivity contribution in [3.63, 3.8) is 0 Å². The van der Waals surface area contributed by atoms with E-state index in [1.54, 1.807) is 36.4 Å². The largest absolute Gasteiger partial charge is 0.485 e. The molecule has 26 heavy (non-hydrogen) atoms. The minimum Gasteiger partial charge on any atom is -0.485 e. The summed E-state index contributed by atoms with van der Waals surface area (Å²) in [6.45, 7) is 1.44. The fourth-order valence-corrected chi connectivity index (χ4v) is 3.14. The number of rotatable bonds is 6. The second-order valence-corrected chi connectivity index (χ2v) is 6.74. The number of amides is 1. The van der Waals surface area contributed by atoms with Crippen molar-refractivity contribution in [1.82, 2.24) is 5.32 Å². The summed E-state index contributed by atoms with van der Waals surface area (Å²) in [5, 5.41) is 2.66. The van der Waals surface area contributed by atoms with Gasteiger partial charge in [0.15, 0.2) is 18.1 Å². The van der Waals surface area contributed by atoms with Crippen LogP contribution in [0.25, 0.3) is 0 Å². The first-order valence-electron chi connectivity index (χ1n) is 7.94. The van der Waals surface area contributed by atoms with Crippen molar-refractivity contribution in [2.75, 3.05) is 13.2 Å². The van der Waals surface area contributed by atoms with E-state index < -0.39 is 12.1 Å². The molecule has 0 aliphatic carbocycles. The summed E-state index contributed by atoms with van der Waals surface area (Å²) in [4.78, 5) is 36.5. The van der Waals surface area contributed by atoms with Gasteiger partial charge in [-0.15, -0.1) is 11.3 Å². The van der Waals surface area contributed by atoms with Gasteiger partial charge in [0.05, 0.1) is 11.4 Å². The lowest BCUT2D eigenvalue weighted by Crippen LogP contribution is -2.38. The van der Waals surface area contributed by atoms with Crippen LogP contribution in [0.5, 0.6) is 11.5 Å². The van der Waals surface area contributed by atoms with E-state index in [1.165, 1.54) is 18.3 Å². The Morgan fingerprint density at radius 3 is 2.73 bits per heavy atom. The first-order chi connectivity index (χ1) is 12.5. The molecule has 3 rings (SSSR count). The number of esters is 1. The van der Waals surface area contributed by atoms with Crippen LogP contribution in [0.3, 0.4) is 0 Å². The standard InChI is InChI=1S/C18H17NO6S/c1-11(20)19-8-12-6-7-17(26-12)13(21)9-24-18(22)16-10-23-14-4-2-3-5-15(14)25-16/h2-7,16H,8-10H2,1H3,(H,19,20)/t16-/m0/s1. The molecule has 0 spiro atoms. The topological polar surface area (TPSA) is 90.9 Å². The number of hydrogen-bond donors (Lipinski definition) is 1. The third-order valence-electron chi connectivity index (χ3n) is 3.57. The van der Waals surface area contributed by atoms with Crippen LogP contribution in [0.2, 0.25) is 0 Å². The highest BCUT2D eigenvalue weighted by Gasteiger charge is 2.29. The molecular weight excluding hydrogens is 358 g/mol. The van der Waals surface area contributed by atoms with Gasteiger partial charge in [-0.25, -0.2) is 4.79 Å². The van der Waals surface area contributed by atoms with Gasteiger partial charge >= 0.3 is 5.97 Å². The van der Waals surface area contributed by atoms with Crippen LogP contribution in [0, 0.1) is 0 Å². The molecule has 1 aliphatic rings. The lowest BCUT2D eigenvalue weighted by Gasteiger charge is -2.24. The van der Waals surface area contributed by atoms with Gasteiger partial charge in [0.2, 0.25) is 17.8 Å². The van der Waals surface area contributed by atoms with Crippen molar-refractivity contribution in [1.29, 1.82) is 0 Å². The smallest absolute Gasteiger partial charge is 0.351 e. The van der Waals surface area contributed by atoms with Gasteiger partial charge in [0.1, 0.15) is 6.61 Å². The summed E-state index contributed by atoms with van der Waals surface area (Å²) < 4.78 is 16.1. The summed E-state index contributed by atoms with van der Waals surface area (Å²) in [7, 11) is 0. The molecule has 0 bridgehead atoms. The molecule has 1 atom stereocenters. The fraction of sp³-hybridized carbons (Fsp3) is 0.278. The van der Waals surface area contributed by atoms with E-state index in [0.717, 1.165) is 4.88 Å². The van der Waals surface area contributed by atoms with Crippen molar-refractivity contribution in [2.45, 2.75) is 19.6 Å². The van der Waals surface area contributed by atoms with Crippen molar-refractivity contribution >= 4 is 29.0 Å². The molecule has 0 radical (unpaired) electrons. The number of para-hydroxylation sites is 2. The molecule has 7 nitrogen and oxygen atoms in total. The molecule has 1 N–H and O–H groups in total. The number of carbonyl (C=O) groups is 3. The Bertz CT molecular complexity index is 831. The highest BCUT2D eigenvalue weighted by Crippen LogP contribution is 2.31. The summed E-state index contributed by atoms with van der Waals surface area (Å²) in [6.07, 6.45) is -0.906. The van der Waals surface area contributed by atoms with E-state index in [2.05, 4.69) is 5.32 Å². The average Bonchev–Trinajstić information content (AvgIpc) is 3.13. The average molecular weight is 375 g/mol. The van der Waals surface area contributed by atoms with Crippen LogP contribution in [0.15, 0.2) is 36.4 Å². The van der Waals surface area contributed by atoms with E-state index in [1.807, 2.05) is 0 Å². The maximum absolute atomic E-state index is 12.2. The summed E-state index contributed by atoms with van der Waals surface area (Å²) in [5.41, 5.74) is 0. The van der Waals surface area contributed by atoms with Gasteiger partial charge in [-0.3, -0.25) is 9.59 Å². The monoisotopic (exact) mass is 375 g/mol. The maximum atomic E-state index is 12.2. The molecule has 8 heteroatoms. The zero-order chi connectivity index (χ0) is 18.5. The van der Waals surface area contributed by atoms with Gasteiger partial charge in [-0.1, -0.05) is 12.1 Å². The number of ether oxygens (including phenoxy) is 3. The normalized spacial score (nSPS) is 15.2. The highest BCUT2D eigenvalue weighted by atomic mass is 32.1. The zero-order valence-corrected chi connectivity index (χ0v) is 14.8. The first kappa shape index (κ1) is 17.9. The molecule has 0 unspecified atom stereocenters. The first-order valence-corrected chi connectivity index (χ1v) is 8.76. The number of thiophene rings is 1. The molecule has 0 saturated carbocycles. The number of hydrogen-bond acceptors (Lipinski definition) is 7. The number of fused-ring (bicyclic) bond motifs is 1. The van der Waals surface area contributed by atoms with E-state index in [9.17, 15) is 14.4 Å². The summed E-state index contributed by atoms with van der Waals surface area (Å²) in [6, 6.07) is 10.4. The number of carbonyl (C=O) groups excluding carboxylic acids is 3. The summed E-state index contributed by atoms with van der Waals surface area (Å²) >= 11 is 1.25. The van der Waals surface area contributed by atoms with Crippen LogP contribution >= 0.6 is 11.3 Å². The zero-order valence-electron chi connectivity index (χ0n) is 14.0. The third-order valence-corrected chi connectivity index (χ3v) is 4.69. The predicted octanol–water partition coefficient (Wildman–Crippen LogP) is 1.95. The van der Waals surface area contributed by atoms with Gasteiger partial charge in [-0.05, 0) is 24.3 Å². The molecule has 1 amide bonds. The molecule has 136 valence electrons. The van der Waals surface area contributed by atoms with Gasteiger partial charge in [-0.2, -0.15) is 0 Å². The molecular formula is C18H17NO6S. The Kier molecular flexibility index (Phi) is 5.52. The number of nitrogens with one attached hydrogen (secondary N) is 1. The quantitative estimate of drug-likeness (QED) is 0.613. The van der Waals surface area contributed by atoms with E-state index >= 15 is 0 Å². The van der Waals surface area contributed by atoms with Crippen molar-refractivity contribution in [3.05, 3.63) is 46.2 Å². The number of benzene rings is 1. The Hall–Kier alpha value is -2.87. The second kappa shape index (κ2) is 8.01. The van der Waals surface area contributed by atoms with Crippen molar-refractivity contribution < 1.29 is 28.6 Å². The molecule has 0 fully saturated rings. The SMILES string of the molecule is CC(=O)NCc1ccc(C(=O)COC(=O)[C@@H]2COc3ccccc3O2)s1. The number of ketones is 1. The lowest BCUT2D eigenvalue weighted by molar-refractivity contribution is -0.153.